The Bertz CT molecular complexity index is 635. The largest absolute Gasteiger partial charge is 0.326 e. The number of aryl methyl sites for hydroxylation is 2. The van der Waals surface area contributed by atoms with E-state index in [2.05, 4.69) is 15.3 Å². The molecule has 5 heteroatoms. The van der Waals surface area contributed by atoms with Crippen molar-refractivity contribution in [3.8, 4) is 0 Å². The normalized spacial score (nSPS) is 12.0. The second kappa shape index (κ2) is 7.40. The molecule has 4 nitrogen and oxygen atoms in total. The summed E-state index contributed by atoms with van der Waals surface area (Å²) < 4.78 is 0. The summed E-state index contributed by atoms with van der Waals surface area (Å²) in [6, 6.07) is 9.71. The quantitative estimate of drug-likeness (QED) is 0.839. The summed E-state index contributed by atoms with van der Waals surface area (Å²) in [7, 11) is 0. The molecule has 2 aromatic rings. The number of nitrogens with zero attached hydrogens (tertiary/aromatic N) is 2. The highest BCUT2D eigenvalue weighted by atomic mass is 32.2. The van der Waals surface area contributed by atoms with E-state index in [9.17, 15) is 4.79 Å². The minimum atomic E-state index is 0.0257. The molecule has 1 amide bonds. The number of hydrogen-bond donors (Lipinski definition) is 1. The molecule has 0 aliphatic heterocycles. The average Bonchev–Trinajstić information content (AvgIpc) is 2.47. The van der Waals surface area contributed by atoms with Crippen molar-refractivity contribution in [2.75, 3.05) is 5.32 Å². The number of carbonyl (C=O) groups excluding carboxylic acids is 1. The van der Waals surface area contributed by atoms with Gasteiger partial charge in [-0.15, -0.1) is 0 Å². The van der Waals surface area contributed by atoms with Crippen LogP contribution in [-0.4, -0.2) is 15.9 Å². The van der Waals surface area contributed by atoms with Gasteiger partial charge in [0.2, 0.25) is 5.91 Å². The van der Waals surface area contributed by atoms with Gasteiger partial charge < -0.3 is 5.32 Å². The third kappa shape index (κ3) is 4.56. The van der Waals surface area contributed by atoms with Crippen molar-refractivity contribution in [2.45, 2.75) is 44.2 Å². The van der Waals surface area contributed by atoms with Crippen LogP contribution in [0.1, 0.15) is 31.7 Å². The lowest BCUT2D eigenvalue weighted by atomic mass is 10.1. The summed E-state index contributed by atoms with van der Waals surface area (Å²) in [6.07, 6.45) is 0.837. The fourth-order valence-corrected chi connectivity index (χ4v) is 2.76. The zero-order valence-electron chi connectivity index (χ0n) is 13.4. The Morgan fingerprint density at radius 3 is 2.32 bits per heavy atom. The maximum Gasteiger partial charge on any atom is 0.227 e. The molecule has 1 aromatic carbocycles. The van der Waals surface area contributed by atoms with Crippen LogP contribution in [0, 0.1) is 19.8 Å². The minimum Gasteiger partial charge on any atom is -0.326 e. The van der Waals surface area contributed by atoms with E-state index in [1.165, 1.54) is 11.8 Å². The molecule has 1 aromatic heterocycles. The van der Waals surface area contributed by atoms with E-state index in [-0.39, 0.29) is 11.8 Å². The molecule has 1 N–H and O–H groups in total. The summed E-state index contributed by atoms with van der Waals surface area (Å²) >= 11 is 1.52. The van der Waals surface area contributed by atoms with Gasteiger partial charge in [-0.2, -0.15) is 0 Å². The molecule has 2 rings (SSSR count). The fraction of sp³-hybridized carbons (Fsp3) is 0.353. The summed E-state index contributed by atoms with van der Waals surface area (Å²) in [5.41, 5.74) is 2.75. The van der Waals surface area contributed by atoms with Gasteiger partial charge in [0, 0.05) is 27.9 Å². The molecule has 1 heterocycles. The van der Waals surface area contributed by atoms with Gasteiger partial charge >= 0.3 is 0 Å². The smallest absolute Gasteiger partial charge is 0.227 e. The zero-order valence-corrected chi connectivity index (χ0v) is 14.2. The predicted molar refractivity (Wildman–Crippen MR) is 90.2 cm³/mol. The van der Waals surface area contributed by atoms with Crippen molar-refractivity contribution >= 4 is 23.4 Å². The lowest BCUT2D eigenvalue weighted by Gasteiger charge is -2.10. The number of anilines is 1. The van der Waals surface area contributed by atoms with Gasteiger partial charge in [-0.1, -0.05) is 13.8 Å². The van der Waals surface area contributed by atoms with Crippen molar-refractivity contribution < 1.29 is 4.79 Å². The van der Waals surface area contributed by atoms with E-state index >= 15 is 0 Å². The monoisotopic (exact) mass is 315 g/mol. The van der Waals surface area contributed by atoms with Gasteiger partial charge in [0.05, 0.1) is 0 Å². The lowest BCUT2D eigenvalue weighted by molar-refractivity contribution is -0.119. The molecule has 0 bridgehead atoms. The van der Waals surface area contributed by atoms with Crippen LogP contribution in [0.25, 0.3) is 0 Å². The third-order valence-corrected chi connectivity index (χ3v) is 4.23. The highest BCUT2D eigenvalue weighted by Crippen LogP contribution is 2.26. The van der Waals surface area contributed by atoms with Crippen LogP contribution in [0.2, 0.25) is 0 Å². The number of carbonyl (C=O) groups is 1. The van der Waals surface area contributed by atoms with Gasteiger partial charge in [0.15, 0.2) is 5.16 Å². The third-order valence-electron chi connectivity index (χ3n) is 3.35. The molecule has 0 fully saturated rings. The van der Waals surface area contributed by atoms with Gasteiger partial charge in [0.1, 0.15) is 0 Å². The van der Waals surface area contributed by atoms with Crippen LogP contribution < -0.4 is 5.32 Å². The highest BCUT2D eigenvalue weighted by Gasteiger charge is 2.10. The molecule has 0 aliphatic rings. The predicted octanol–water partition coefficient (Wildman–Crippen LogP) is 4.23. The highest BCUT2D eigenvalue weighted by molar-refractivity contribution is 7.99. The van der Waals surface area contributed by atoms with E-state index < -0.39 is 0 Å². The molecular formula is C17H21N3OS. The summed E-state index contributed by atoms with van der Waals surface area (Å²) in [5.74, 6) is 0.0817. The maximum atomic E-state index is 11.9. The summed E-state index contributed by atoms with van der Waals surface area (Å²) in [6.45, 7) is 7.86. The molecule has 0 aliphatic carbocycles. The fourth-order valence-electron chi connectivity index (χ4n) is 1.90. The van der Waals surface area contributed by atoms with Crippen LogP contribution in [-0.2, 0) is 4.79 Å². The molecule has 1 atom stereocenters. The Hall–Kier alpha value is -1.88. The van der Waals surface area contributed by atoms with Crippen LogP contribution in [0.15, 0.2) is 40.4 Å². The van der Waals surface area contributed by atoms with Gasteiger partial charge in [-0.05, 0) is 62.4 Å². The molecule has 116 valence electrons. The first-order valence-electron chi connectivity index (χ1n) is 7.39. The van der Waals surface area contributed by atoms with E-state index in [1.54, 1.807) is 0 Å². The van der Waals surface area contributed by atoms with Crippen molar-refractivity contribution in [3.05, 3.63) is 41.7 Å². The molecular weight excluding hydrogens is 294 g/mol. The first kappa shape index (κ1) is 16.5. The van der Waals surface area contributed by atoms with Crippen LogP contribution >= 0.6 is 11.8 Å². The van der Waals surface area contributed by atoms with Crippen molar-refractivity contribution in [1.29, 1.82) is 0 Å². The number of amides is 1. The summed E-state index contributed by atoms with van der Waals surface area (Å²) in [5, 5.41) is 3.67. The van der Waals surface area contributed by atoms with E-state index in [0.717, 1.165) is 33.5 Å². The van der Waals surface area contributed by atoms with Gasteiger partial charge in [0.25, 0.3) is 0 Å². The minimum absolute atomic E-state index is 0.0257. The second-order valence-corrected chi connectivity index (χ2v) is 6.40. The number of nitrogens with one attached hydrogen (secondary N) is 1. The Balaban J connectivity index is 2.04. The van der Waals surface area contributed by atoms with Crippen LogP contribution in [0.5, 0.6) is 0 Å². The van der Waals surface area contributed by atoms with Gasteiger partial charge in [-0.3, -0.25) is 4.79 Å². The second-order valence-electron chi connectivity index (χ2n) is 5.36. The SMILES string of the molecule is CCC(C)C(=O)Nc1ccc(Sc2nc(C)cc(C)n2)cc1. The van der Waals surface area contributed by atoms with Crippen molar-refractivity contribution in [3.63, 3.8) is 0 Å². The zero-order chi connectivity index (χ0) is 16.1. The first-order valence-corrected chi connectivity index (χ1v) is 8.20. The van der Waals surface area contributed by atoms with Crippen molar-refractivity contribution in [2.24, 2.45) is 5.92 Å². The molecule has 0 saturated heterocycles. The first-order chi connectivity index (χ1) is 10.5. The standard InChI is InChI=1S/C17H21N3OS/c1-5-11(2)16(21)20-14-6-8-15(9-7-14)22-17-18-12(3)10-13(4)19-17/h6-11H,5H2,1-4H3,(H,20,21). The molecule has 22 heavy (non-hydrogen) atoms. The molecule has 0 radical (unpaired) electrons. The van der Waals surface area contributed by atoms with Crippen molar-refractivity contribution in [1.82, 2.24) is 9.97 Å². The number of hydrogen-bond acceptors (Lipinski definition) is 4. The Morgan fingerprint density at radius 2 is 1.77 bits per heavy atom. The number of rotatable bonds is 5. The molecule has 1 unspecified atom stereocenters. The van der Waals surface area contributed by atoms with E-state index in [1.807, 2.05) is 58.0 Å². The van der Waals surface area contributed by atoms with Gasteiger partial charge in [-0.25, -0.2) is 9.97 Å². The maximum absolute atomic E-state index is 11.9. The number of aromatic nitrogens is 2. The van der Waals surface area contributed by atoms with Crippen LogP contribution in [0.4, 0.5) is 5.69 Å². The Labute approximate surface area is 135 Å². The molecule has 0 saturated carbocycles. The van der Waals surface area contributed by atoms with E-state index in [0.29, 0.717) is 0 Å². The molecule has 0 spiro atoms. The number of benzene rings is 1. The Morgan fingerprint density at radius 1 is 1.18 bits per heavy atom. The van der Waals surface area contributed by atoms with Crippen LogP contribution in [0.3, 0.4) is 0 Å². The van der Waals surface area contributed by atoms with E-state index in [4.69, 9.17) is 0 Å². The average molecular weight is 315 g/mol. The Kier molecular flexibility index (Phi) is 5.55. The summed E-state index contributed by atoms with van der Waals surface area (Å²) in [4.78, 5) is 21.7. The lowest BCUT2D eigenvalue weighted by Crippen LogP contribution is -2.19. The topological polar surface area (TPSA) is 54.9 Å².